The summed E-state index contributed by atoms with van der Waals surface area (Å²) in [6.07, 6.45) is 3.33. The number of rotatable bonds is 7. The van der Waals surface area contributed by atoms with Crippen molar-refractivity contribution in [2.45, 2.75) is 39.0 Å². The molecular weight excluding hydrogens is 288 g/mol. The van der Waals surface area contributed by atoms with Crippen molar-refractivity contribution in [3.63, 3.8) is 0 Å². The Morgan fingerprint density at radius 3 is 2.73 bits per heavy atom. The molecule has 1 heterocycles. The van der Waals surface area contributed by atoms with Crippen molar-refractivity contribution < 1.29 is 23.9 Å². The van der Waals surface area contributed by atoms with Gasteiger partial charge >= 0.3 is 18.0 Å². The molecule has 0 bridgehead atoms. The van der Waals surface area contributed by atoms with Crippen LogP contribution >= 0.6 is 0 Å². The topological polar surface area (TPSA) is 84.9 Å². The number of hydrogen-bond acceptors (Lipinski definition) is 5. The Hall–Kier alpha value is -1.79. The third kappa shape index (κ3) is 6.32. The first-order valence-electron chi connectivity index (χ1n) is 7.84. The highest BCUT2D eigenvalue weighted by atomic mass is 16.5. The summed E-state index contributed by atoms with van der Waals surface area (Å²) >= 11 is 0. The van der Waals surface area contributed by atoms with E-state index < -0.39 is 0 Å². The summed E-state index contributed by atoms with van der Waals surface area (Å²) in [6, 6.07) is -0.160. The SMILES string of the molecule is CCOC(=O)C1CCCN(C(=O)NCCCCC(=O)OC)C1. The van der Waals surface area contributed by atoms with E-state index in [4.69, 9.17) is 4.74 Å². The van der Waals surface area contributed by atoms with Crippen LogP contribution in [0.4, 0.5) is 4.79 Å². The van der Waals surface area contributed by atoms with Crippen LogP contribution in [-0.4, -0.2) is 56.2 Å². The molecule has 0 saturated carbocycles. The van der Waals surface area contributed by atoms with E-state index in [-0.39, 0.29) is 23.9 Å². The first-order valence-corrected chi connectivity index (χ1v) is 7.84. The minimum absolute atomic E-state index is 0.160. The van der Waals surface area contributed by atoms with E-state index in [0.717, 1.165) is 19.3 Å². The fraction of sp³-hybridized carbons (Fsp3) is 0.800. The Morgan fingerprint density at radius 1 is 1.27 bits per heavy atom. The van der Waals surface area contributed by atoms with Crippen molar-refractivity contribution in [2.75, 3.05) is 33.4 Å². The Labute approximate surface area is 131 Å². The summed E-state index contributed by atoms with van der Waals surface area (Å²) < 4.78 is 9.56. The number of carbonyl (C=O) groups excluding carboxylic acids is 3. The van der Waals surface area contributed by atoms with Crippen LogP contribution in [0.1, 0.15) is 39.0 Å². The summed E-state index contributed by atoms with van der Waals surface area (Å²) in [7, 11) is 1.36. The van der Waals surface area contributed by atoms with Crippen LogP contribution in [0.2, 0.25) is 0 Å². The number of hydrogen-bond donors (Lipinski definition) is 1. The maximum Gasteiger partial charge on any atom is 0.317 e. The van der Waals surface area contributed by atoms with E-state index in [1.165, 1.54) is 7.11 Å². The zero-order valence-electron chi connectivity index (χ0n) is 13.4. The second-order valence-electron chi connectivity index (χ2n) is 5.30. The number of unbranched alkanes of at least 4 members (excludes halogenated alkanes) is 1. The average molecular weight is 314 g/mol. The van der Waals surface area contributed by atoms with Crippen molar-refractivity contribution >= 4 is 18.0 Å². The van der Waals surface area contributed by atoms with Gasteiger partial charge in [-0.05, 0) is 32.6 Å². The van der Waals surface area contributed by atoms with Crippen LogP contribution in [0.15, 0.2) is 0 Å². The Kier molecular flexibility index (Phi) is 8.32. The third-order valence-corrected chi connectivity index (χ3v) is 3.64. The molecule has 0 aromatic rings. The highest BCUT2D eigenvalue weighted by molar-refractivity contribution is 5.77. The molecule has 0 spiro atoms. The highest BCUT2D eigenvalue weighted by Crippen LogP contribution is 2.17. The third-order valence-electron chi connectivity index (χ3n) is 3.64. The molecule has 7 nitrogen and oxygen atoms in total. The van der Waals surface area contributed by atoms with Gasteiger partial charge in [0.1, 0.15) is 0 Å². The Morgan fingerprint density at radius 2 is 2.05 bits per heavy atom. The molecule has 1 saturated heterocycles. The summed E-state index contributed by atoms with van der Waals surface area (Å²) in [5.41, 5.74) is 0. The number of methoxy groups -OCH3 is 1. The van der Waals surface area contributed by atoms with E-state index in [9.17, 15) is 14.4 Å². The van der Waals surface area contributed by atoms with Crippen molar-refractivity contribution in [3.05, 3.63) is 0 Å². The maximum atomic E-state index is 12.0. The first kappa shape index (κ1) is 18.3. The minimum atomic E-state index is -0.236. The van der Waals surface area contributed by atoms with Crippen LogP contribution in [0, 0.1) is 5.92 Å². The van der Waals surface area contributed by atoms with Gasteiger partial charge in [0, 0.05) is 26.1 Å². The van der Waals surface area contributed by atoms with Crippen molar-refractivity contribution in [2.24, 2.45) is 5.92 Å². The number of amides is 2. The molecule has 22 heavy (non-hydrogen) atoms. The van der Waals surface area contributed by atoms with Crippen LogP contribution in [0.5, 0.6) is 0 Å². The largest absolute Gasteiger partial charge is 0.469 e. The fourth-order valence-electron chi connectivity index (χ4n) is 2.42. The molecular formula is C15H26N2O5. The predicted octanol–water partition coefficient (Wildman–Crippen LogP) is 1.31. The number of nitrogens with one attached hydrogen (secondary N) is 1. The number of piperidine rings is 1. The van der Waals surface area contributed by atoms with E-state index in [0.29, 0.717) is 39.1 Å². The maximum absolute atomic E-state index is 12.0. The number of urea groups is 1. The second kappa shape index (κ2) is 10.0. The molecule has 0 aromatic heterocycles. The van der Waals surface area contributed by atoms with Crippen LogP contribution in [0.25, 0.3) is 0 Å². The van der Waals surface area contributed by atoms with Crippen LogP contribution < -0.4 is 5.32 Å². The lowest BCUT2D eigenvalue weighted by atomic mass is 9.98. The van der Waals surface area contributed by atoms with Gasteiger partial charge in [-0.25, -0.2) is 4.79 Å². The molecule has 1 unspecified atom stereocenters. The Bertz CT molecular complexity index is 386. The van der Waals surface area contributed by atoms with Gasteiger partial charge in [0.2, 0.25) is 0 Å². The monoisotopic (exact) mass is 314 g/mol. The quantitative estimate of drug-likeness (QED) is 0.566. The molecule has 2 amide bonds. The lowest BCUT2D eigenvalue weighted by Crippen LogP contribution is -2.47. The molecule has 0 aromatic carbocycles. The first-order chi connectivity index (χ1) is 10.6. The van der Waals surface area contributed by atoms with Gasteiger partial charge in [0.15, 0.2) is 0 Å². The van der Waals surface area contributed by atoms with Gasteiger partial charge in [-0.2, -0.15) is 0 Å². The summed E-state index contributed by atoms with van der Waals surface area (Å²) in [6.45, 7) is 3.72. The average Bonchev–Trinajstić information content (AvgIpc) is 2.54. The molecule has 1 N–H and O–H groups in total. The van der Waals surface area contributed by atoms with Gasteiger partial charge in [-0.3, -0.25) is 9.59 Å². The highest BCUT2D eigenvalue weighted by Gasteiger charge is 2.29. The van der Waals surface area contributed by atoms with Crippen molar-refractivity contribution in [3.8, 4) is 0 Å². The van der Waals surface area contributed by atoms with Crippen molar-refractivity contribution in [1.82, 2.24) is 10.2 Å². The smallest absolute Gasteiger partial charge is 0.317 e. The van der Waals surface area contributed by atoms with Crippen molar-refractivity contribution in [1.29, 1.82) is 0 Å². The van der Waals surface area contributed by atoms with Crippen LogP contribution in [-0.2, 0) is 19.1 Å². The lowest BCUT2D eigenvalue weighted by Gasteiger charge is -2.31. The lowest BCUT2D eigenvalue weighted by molar-refractivity contribution is -0.149. The van der Waals surface area contributed by atoms with Gasteiger partial charge in [-0.1, -0.05) is 0 Å². The normalized spacial score (nSPS) is 17.7. The fourth-order valence-corrected chi connectivity index (χ4v) is 2.42. The Balaban J connectivity index is 2.24. The van der Waals surface area contributed by atoms with Gasteiger partial charge in [0.05, 0.1) is 19.6 Å². The molecule has 1 rings (SSSR count). The van der Waals surface area contributed by atoms with E-state index in [1.54, 1.807) is 11.8 Å². The number of likely N-dealkylation sites (tertiary alicyclic amines) is 1. The summed E-state index contributed by atoms with van der Waals surface area (Å²) in [5, 5.41) is 2.82. The zero-order valence-corrected chi connectivity index (χ0v) is 13.4. The van der Waals surface area contributed by atoms with Gasteiger partial charge < -0.3 is 19.7 Å². The molecule has 0 radical (unpaired) electrons. The standard InChI is InChI=1S/C15H26N2O5/c1-3-22-14(19)12-7-6-10-17(11-12)15(20)16-9-5-4-8-13(18)21-2/h12H,3-11H2,1-2H3,(H,16,20). The summed E-state index contributed by atoms with van der Waals surface area (Å²) in [4.78, 5) is 36.4. The van der Waals surface area contributed by atoms with Gasteiger partial charge in [0.25, 0.3) is 0 Å². The molecule has 0 aliphatic carbocycles. The number of esters is 2. The summed E-state index contributed by atoms with van der Waals surface area (Å²) in [5.74, 6) is -0.684. The van der Waals surface area contributed by atoms with E-state index in [2.05, 4.69) is 10.1 Å². The number of carbonyl (C=O) groups is 3. The molecule has 1 fully saturated rings. The zero-order chi connectivity index (χ0) is 16.4. The number of ether oxygens (including phenoxy) is 2. The molecule has 1 aliphatic rings. The van der Waals surface area contributed by atoms with E-state index >= 15 is 0 Å². The molecule has 1 atom stereocenters. The molecule has 7 heteroatoms. The van der Waals surface area contributed by atoms with Gasteiger partial charge in [-0.15, -0.1) is 0 Å². The minimum Gasteiger partial charge on any atom is -0.469 e. The predicted molar refractivity (Wildman–Crippen MR) is 80.2 cm³/mol. The second-order valence-corrected chi connectivity index (χ2v) is 5.30. The molecule has 1 aliphatic heterocycles. The van der Waals surface area contributed by atoms with E-state index in [1.807, 2.05) is 0 Å². The molecule has 126 valence electrons. The van der Waals surface area contributed by atoms with Crippen LogP contribution in [0.3, 0.4) is 0 Å². The number of nitrogens with zero attached hydrogens (tertiary/aromatic N) is 1.